The molecule has 0 atom stereocenters. The zero-order valence-corrected chi connectivity index (χ0v) is 21.2. The zero-order valence-electron chi connectivity index (χ0n) is 17.1. The summed E-state index contributed by atoms with van der Waals surface area (Å²) in [5.41, 5.74) is 4.60. The fourth-order valence-corrected chi connectivity index (χ4v) is 10.3. The van der Waals surface area contributed by atoms with E-state index in [0.29, 0.717) is 10.8 Å². The summed E-state index contributed by atoms with van der Waals surface area (Å²) < 4.78 is 3.84. The van der Waals surface area contributed by atoms with E-state index in [0.717, 1.165) is 0 Å². The monoisotopic (exact) mass is 484 g/mol. The summed E-state index contributed by atoms with van der Waals surface area (Å²) in [4.78, 5) is 0. The van der Waals surface area contributed by atoms with Crippen LogP contribution in [0.3, 0.4) is 0 Å². The van der Waals surface area contributed by atoms with E-state index in [1.54, 1.807) is 11.1 Å². The molecular formula is C24H36Cl2Zr. The van der Waals surface area contributed by atoms with Crippen molar-refractivity contribution in [2.45, 2.75) is 90.9 Å². The molecule has 27 heavy (non-hydrogen) atoms. The summed E-state index contributed by atoms with van der Waals surface area (Å²) in [5, 5.41) is 0. The molecule has 0 spiro atoms. The largest absolute Gasteiger partial charge is 0.147 e. The molecule has 150 valence electrons. The Morgan fingerprint density at radius 2 is 1.00 bits per heavy atom. The normalized spacial score (nSPS) is 26.0. The minimum absolute atomic E-state index is 0. The first kappa shape index (κ1) is 23.7. The number of allylic oxidation sites excluding steroid dienone is 8. The predicted molar refractivity (Wildman–Crippen MR) is 118 cm³/mol. The van der Waals surface area contributed by atoms with Gasteiger partial charge in [0.15, 0.2) is 0 Å². The van der Waals surface area contributed by atoms with Crippen LogP contribution < -0.4 is 0 Å². The van der Waals surface area contributed by atoms with Crippen LogP contribution in [0.1, 0.15) is 90.9 Å². The van der Waals surface area contributed by atoms with E-state index in [9.17, 15) is 0 Å². The van der Waals surface area contributed by atoms with Crippen LogP contribution in [-0.4, -0.2) is 0 Å². The molecule has 0 aromatic rings. The summed E-state index contributed by atoms with van der Waals surface area (Å²) in [7, 11) is 0. The number of rotatable bonds is 4. The molecule has 0 nitrogen and oxygen atoms in total. The first-order valence-corrected chi connectivity index (χ1v) is 13.1. The molecule has 0 N–H and O–H groups in total. The van der Waals surface area contributed by atoms with Crippen LogP contribution in [0, 0.1) is 10.8 Å². The zero-order chi connectivity index (χ0) is 17.3. The molecular weight excluding hydrogens is 450 g/mol. The minimum Gasteiger partial charge on any atom is -0.147 e. The minimum atomic E-state index is -0.598. The summed E-state index contributed by atoms with van der Waals surface area (Å²) in [5.74, 6) is 0. The average molecular weight is 487 g/mol. The molecule has 2 saturated carbocycles. The molecule has 0 radical (unpaired) electrons. The second-order valence-corrected chi connectivity index (χ2v) is 12.9. The Bertz CT molecular complexity index is 585. The van der Waals surface area contributed by atoms with Crippen molar-refractivity contribution in [2.24, 2.45) is 10.8 Å². The second-order valence-electron chi connectivity index (χ2n) is 9.37. The van der Waals surface area contributed by atoms with Gasteiger partial charge >= 0.3 is 167 Å². The summed E-state index contributed by atoms with van der Waals surface area (Å²) in [6, 6.07) is 0. The van der Waals surface area contributed by atoms with Crippen LogP contribution in [-0.2, 0) is 23.2 Å². The van der Waals surface area contributed by atoms with Gasteiger partial charge in [0.2, 0.25) is 0 Å². The van der Waals surface area contributed by atoms with Crippen molar-refractivity contribution in [1.29, 1.82) is 0 Å². The Labute approximate surface area is 190 Å². The van der Waals surface area contributed by atoms with Crippen LogP contribution in [0.5, 0.6) is 0 Å². The van der Waals surface area contributed by atoms with Crippen molar-refractivity contribution in [1.82, 2.24) is 0 Å². The summed E-state index contributed by atoms with van der Waals surface area (Å²) >= 11 is -0.598. The van der Waals surface area contributed by atoms with Gasteiger partial charge in [0, 0.05) is 0 Å². The quantitative estimate of drug-likeness (QED) is 0.375. The molecule has 0 aromatic heterocycles. The Morgan fingerprint density at radius 1 is 0.630 bits per heavy atom. The smallest absolute Gasteiger partial charge is 0.147 e. The first-order valence-electron chi connectivity index (χ1n) is 10.7. The second kappa shape index (κ2) is 9.95. The maximum atomic E-state index is 2.57. The Kier molecular flexibility index (Phi) is 8.74. The molecule has 0 aliphatic heterocycles. The molecule has 0 saturated heterocycles. The van der Waals surface area contributed by atoms with E-state index in [1.165, 1.54) is 77.0 Å². The third-order valence-corrected chi connectivity index (χ3v) is 11.2. The van der Waals surface area contributed by atoms with Gasteiger partial charge in [0.1, 0.15) is 0 Å². The van der Waals surface area contributed by atoms with Gasteiger partial charge in [-0.3, -0.25) is 0 Å². The van der Waals surface area contributed by atoms with E-state index in [1.807, 2.05) is 6.56 Å². The molecule has 4 aliphatic carbocycles. The van der Waals surface area contributed by atoms with Crippen molar-refractivity contribution in [3.8, 4) is 0 Å². The van der Waals surface area contributed by atoms with Crippen molar-refractivity contribution >= 4 is 24.8 Å². The molecule has 0 heterocycles. The molecule has 4 aliphatic rings. The van der Waals surface area contributed by atoms with Crippen molar-refractivity contribution in [2.75, 3.05) is 0 Å². The van der Waals surface area contributed by atoms with E-state index in [2.05, 4.69) is 38.2 Å². The number of hydrogen-bond donors (Lipinski definition) is 0. The molecule has 0 amide bonds. The predicted octanol–water partition coefficient (Wildman–Crippen LogP) is 8.28. The summed E-state index contributed by atoms with van der Waals surface area (Å²) in [6.45, 7) is 5.14. The van der Waals surface area contributed by atoms with Gasteiger partial charge in [-0.25, -0.2) is 0 Å². The fraction of sp³-hybridized carbons (Fsp3) is 0.667. The first-order chi connectivity index (χ1) is 12.1. The van der Waals surface area contributed by atoms with Gasteiger partial charge < -0.3 is 0 Å². The van der Waals surface area contributed by atoms with Crippen molar-refractivity contribution < 1.29 is 23.2 Å². The molecule has 3 heteroatoms. The van der Waals surface area contributed by atoms with E-state index in [-0.39, 0.29) is 24.8 Å². The van der Waals surface area contributed by atoms with Gasteiger partial charge in [-0.15, -0.1) is 24.8 Å². The van der Waals surface area contributed by atoms with E-state index < -0.39 is 23.2 Å². The Morgan fingerprint density at radius 3 is 1.37 bits per heavy atom. The fourth-order valence-electron chi connectivity index (χ4n) is 5.76. The van der Waals surface area contributed by atoms with Gasteiger partial charge in [-0.2, -0.15) is 0 Å². The van der Waals surface area contributed by atoms with Gasteiger partial charge in [-0.05, 0) is 0 Å². The Balaban J connectivity index is 0.00000131. The topological polar surface area (TPSA) is 0 Å². The maximum Gasteiger partial charge on any atom is -0.147 e. The SMILES string of the molecule is CC1(C2=[C]([Zr][C]3=C(C4(C)CCCCC4)C=CC3)CC=C2)CCCCC1.Cl.Cl. The van der Waals surface area contributed by atoms with Gasteiger partial charge in [0.05, 0.1) is 0 Å². The summed E-state index contributed by atoms with van der Waals surface area (Å²) in [6.07, 6.45) is 27.0. The van der Waals surface area contributed by atoms with Crippen LogP contribution in [0.25, 0.3) is 0 Å². The van der Waals surface area contributed by atoms with Crippen molar-refractivity contribution in [3.63, 3.8) is 0 Å². The standard InChI is InChI=1S/2C12H17.2ClH.Zr/c2*1-12(9-5-2-6-10-12)11-7-3-4-8-11;;;/h2*3,7H,2,4-6,9-10H2,1H3;2*1H;. The third kappa shape index (κ3) is 4.95. The van der Waals surface area contributed by atoms with E-state index >= 15 is 0 Å². The van der Waals surface area contributed by atoms with Crippen LogP contribution in [0.15, 0.2) is 42.0 Å². The van der Waals surface area contributed by atoms with Gasteiger partial charge in [-0.1, -0.05) is 0 Å². The third-order valence-electron chi connectivity index (χ3n) is 7.38. The van der Waals surface area contributed by atoms with Crippen LogP contribution in [0.2, 0.25) is 0 Å². The molecule has 2 fully saturated rings. The average Bonchev–Trinajstić information content (AvgIpc) is 3.27. The van der Waals surface area contributed by atoms with E-state index in [4.69, 9.17) is 0 Å². The van der Waals surface area contributed by atoms with Crippen molar-refractivity contribution in [3.05, 3.63) is 42.0 Å². The molecule has 0 unspecified atom stereocenters. The van der Waals surface area contributed by atoms with Crippen LogP contribution >= 0.6 is 24.8 Å². The number of halogens is 2. The molecule has 0 aromatic carbocycles. The number of hydrogen-bond acceptors (Lipinski definition) is 0. The van der Waals surface area contributed by atoms with Gasteiger partial charge in [0.25, 0.3) is 0 Å². The molecule has 0 bridgehead atoms. The van der Waals surface area contributed by atoms with Crippen LogP contribution in [0.4, 0.5) is 0 Å². The maximum absolute atomic E-state index is 2.57. The molecule has 4 rings (SSSR count). The Hall–Kier alpha value is 0.423.